The molecule has 2 aromatic carbocycles. The first-order chi connectivity index (χ1) is 8.93. The van der Waals surface area contributed by atoms with E-state index >= 15 is 0 Å². The summed E-state index contributed by atoms with van der Waals surface area (Å²) in [4.78, 5) is 0. The highest BCUT2D eigenvalue weighted by atomic mass is 32.1. The monoisotopic (exact) mass is 266 g/mol. The summed E-state index contributed by atoms with van der Waals surface area (Å²) in [5.41, 5.74) is 2.68. The van der Waals surface area contributed by atoms with Gasteiger partial charge in [0.05, 0.1) is 0 Å². The second kappa shape index (κ2) is 3.94. The molecule has 0 unspecified atom stereocenters. The smallest absolute Gasteiger partial charge is 0.0361 e. The van der Waals surface area contributed by atoms with Gasteiger partial charge in [-0.2, -0.15) is 11.3 Å². The molecule has 0 radical (unpaired) electrons. The summed E-state index contributed by atoms with van der Waals surface area (Å²) in [7, 11) is 0. The molecule has 0 amide bonds. The molecule has 0 aliphatic heterocycles. The Balaban J connectivity index is 2.21. The highest BCUT2D eigenvalue weighted by Crippen LogP contribution is 2.40. The Morgan fingerprint density at radius 2 is 1.67 bits per heavy atom. The van der Waals surface area contributed by atoms with E-state index in [1.807, 2.05) is 11.3 Å². The summed E-state index contributed by atoms with van der Waals surface area (Å²) >= 11 is 3.63. The number of rotatable bonds is 1. The van der Waals surface area contributed by atoms with E-state index in [0.29, 0.717) is 0 Å². The second-order valence-corrected chi connectivity index (χ2v) is 6.15. The summed E-state index contributed by atoms with van der Waals surface area (Å²) in [6.07, 6.45) is 0. The van der Waals surface area contributed by atoms with Crippen molar-refractivity contribution in [1.82, 2.24) is 0 Å². The average Bonchev–Trinajstić information content (AvgIpc) is 3.05. The van der Waals surface area contributed by atoms with Gasteiger partial charge in [-0.15, -0.1) is 11.3 Å². The van der Waals surface area contributed by atoms with Crippen molar-refractivity contribution in [3.63, 3.8) is 0 Å². The number of benzene rings is 2. The van der Waals surface area contributed by atoms with Crippen LogP contribution < -0.4 is 0 Å². The molecule has 0 aliphatic rings. The first kappa shape index (κ1) is 10.3. The summed E-state index contributed by atoms with van der Waals surface area (Å²) in [5, 5.41) is 7.14. The molecule has 0 saturated heterocycles. The molecule has 0 atom stereocenters. The summed E-state index contributed by atoms with van der Waals surface area (Å²) in [5.74, 6) is 0. The Morgan fingerprint density at radius 3 is 2.56 bits per heavy atom. The van der Waals surface area contributed by atoms with Crippen LogP contribution in [0.25, 0.3) is 31.3 Å². The highest BCUT2D eigenvalue weighted by molar-refractivity contribution is 7.25. The maximum atomic E-state index is 2.23. The van der Waals surface area contributed by atoms with Gasteiger partial charge in [-0.3, -0.25) is 0 Å². The summed E-state index contributed by atoms with van der Waals surface area (Å²) < 4.78 is 2.75. The molecule has 86 valence electrons. The predicted octanol–water partition coefficient (Wildman–Crippen LogP) is 5.78. The molecular weight excluding hydrogens is 256 g/mol. The number of thiophene rings is 2. The lowest BCUT2D eigenvalue weighted by molar-refractivity contribution is 1.78. The molecule has 0 spiro atoms. The molecule has 2 aromatic heterocycles. The summed E-state index contributed by atoms with van der Waals surface area (Å²) in [6, 6.07) is 17.5. The highest BCUT2D eigenvalue weighted by Gasteiger charge is 2.10. The van der Waals surface area contributed by atoms with Crippen molar-refractivity contribution in [1.29, 1.82) is 0 Å². The minimum Gasteiger partial charge on any atom is -0.152 e. The fourth-order valence-corrected chi connectivity index (χ4v) is 4.22. The molecule has 0 fully saturated rings. The number of hydrogen-bond donors (Lipinski definition) is 0. The molecule has 0 N–H and O–H groups in total. The van der Waals surface area contributed by atoms with Crippen molar-refractivity contribution in [2.75, 3.05) is 0 Å². The van der Waals surface area contributed by atoms with Gasteiger partial charge < -0.3 is 0 Å². The zero-order chi connectivity index (χ0) is 11.9. The molecule has 0 saturated carbocycles. The Hall–Kier alpha value is -1.64. The van der Waals surface area contributed by atoms with Gasteiger partial charge in [-0.1, -0.05) is 30.3 Å². The van der Waals surface area contributed by atoms with E-state index < -0.39 is 0 Å². The van der Waals surface area contributed by atoms with Gasteiger partial charge in [0.2, 0.25) is 0 Å². The van der Waals surface area contributed by atoms with E-state index in [0.717, 1.165) is 0 Å². The van der Waals surface area contributed by atoms with E-state index in [2.05, 4.69) is 59.3 Å². The fraction of sp³-hybridized carbons (Fsp3) is 0. The quantitative estimate of drug-likeness (QED) is 0.409. The topological polar surface area (TPSA) is 0 Å². The molecule has 4 aromatic rings. The van der Waals surface area contributed by atoms with Crippen LogP contribution in [0.15, 0.2) is 59.3 Å². The zero-order valence-corrected chi connectivity index (χ0v) is 11.2. The predicted molar refractivity (Wildman–Crippen MR) is 82.6 cm³/mol. The largest absolute Gasteiger partial charge is 0.152 e. The van der Waals surface area contributed by atoms with Gasteiger partial charge in [-0.05, 0) is 40.1 Å². The van der Waals surface area contributed by atoms with Crippen LogP contribution in [0.1, 0.15) is 0 Å². The van der Waals surface area contributed by atoms with Crippen LogP contribution in [0.4, 0.5) is 0 Å². The van der Waals surface area contributed by atoms with Crippen molar-refractivity contribution in [2.24, 2.45) is 0 Å². The van der Waals surface area contributed by atoms with Crippen LogP contribution in [-0.4, -0.2) is 0 Å². The molecule has 0 aliphatic carbocycles. The Morgan fingerprint density at radius 1 is 0.778 bits per heavy atom. The molecule has 0 nitrogen and oxygen atoms in total. The fourth-order valence-electron chi connectivity index (χ4n) is 2.43. The molecule has 2 heteroatoms. The lowest BCUT2D eigenvalue weighted by Crippen LogP contribution is -1.75. The average molecular weight is 266 g/mol. The Labute approximate surface area is 113 Å². The van der Waals surface area contributed by atoms with Crippen LogP contribution in [0.5, 0.6) is 0 Å². The van der Waals surface area contributed by atoms with Crippen LogP contribution in [0.2, 0.25) is 0 Å². The summed E-state index contributed by atoms with van der Waals surface area (Å²) in [6.45, 7) is 0. The SMILES string of the molecule is c1ccc2c(c1)sc1cccc(-c3ccsc3)c12. The molecule has 2 heterocycles. The molecule has 4 rings (SSSR count). The molecule has 0 bridgehead atoms. The van der Waals surface area contributed by atoms with Crippen molar-refractivity contribution in [2.45, 2.75) is 0 Å². The lowest BCUT2D eigenvalue weighted by Gasteiger charge is -2.01. The standard InChI is InChI=1S/C16H10S2/c1-2-6-14-13(4-1)16-12(11-8-9-17-10-11)5-3-7-15(16)18-14/h1-10H. The Kier molecular flexibility index (Phi) is 2.25. The van der Waals surface area contributed by atoms with Crippen LogP contribution >= 0.6 is 22.7 Å². The van der Waals surface area contributed by atoms with E-state index in [9.17, 15) is 0 Å². The number of hydrogen-bond acceptors (Lipinski definition) is 2. The normalized spacial score (nSPS) is 11.3. The van der Waals surface area contributed by atoms with Crippen LogP contribution in [0, 0.1) is 0 Å². The first-order valence-electron chi connectivity index (χ1n) is 5.86. The third kappa shape index (κ3) is 1.43. The number of fused-ring (bicyclic) bond motifs is 3. The lowest BCUT2D eigenvalue weighted by atomic mass is 10.0. The van der Waals surface area contributed by atoms with Crippen molar-refractivity contribution in [3.8, 4) is 11.1 Å². The van der Waals surface area contributed by atoms with Gasteiger partial charge in [-0.25, -0.2) is 0 Å². The van der Waals surface area contributed by atoms with Gasteiger partial charge in [0, 0.05) is 20.2 Å². The van der Waals surface area contributed by atoms with E-state index in [1.165, 1.54) is 31.3 Å². The van der Waals surface area contributed by atoms with E-state index in [1.54, 1.807) is 11.3 Å². The van der Waals surface area contributed by atoms with Gasteiger partial charge in [0.25, 0.3) is 0 Å². The van der Waals surface area contributed by atoms with E-state index in [-0.39, 0.29) is 0 Å². The van der Waals surface area contributed by atoms with Crippen molar-refractivity contribution < 1.29 is 0 Å². The van der Waals surface area contributed by atoms with E-state index in [4.69, 9.17) is 0 Å². The van der Waals surface area contributed by atoms with Gasteiger partial charge in [0.1, 0.15) is 0 Å². The third-order valence-corrected chi connectivity index (χ3v) is 5.05. The minimum absolute atomic E-state index is 1.33. The zero-order valence-electron chi connectivity index (χ0n) is 9.59. The van der Waals surface area contributed by atoms with Crippen LogP contribution in [-0.2, 0) is 0 Å². The van der Waals surface area contributed by atoms with Crippen molar-refractivity contribution >= 4 is 42.8 Å². The minimum atomic E-state index is 1.33. The maximum absolute atomic E-state index is 2.23. The molecule has 18 heavy (non-hydrogen) atoms. The first-order valence-corrected chi connectivity index (χ1v) is 7.62. The second-order valence-electron chi connectivity index (χ2n) is 4.29. The molecular formula is C16H10S2. The Bertz CT molecular complexity index is 823. The maximum Gasteiger partial charge on any atom is 0.0361 e. The van der Waals surface area contributed by atoms with Gasteiger partial charge >= 0.3 is 0 Å². The third-order valence-electron chi connectivity index (χ3n) is 3.23. The van der Waals surface area contributed by atoms with Gasteiger partial charge in [0.15, 0.2) is 0 Å². The van der Waals surface area contributed by atoms with Crippen molar-refractivity contribution in [3.05, 3.63) is 59.3 Å². The van der Waals surface area contributed by atoms with Crippen LogP contribution in [0.3, 0.4) is 0 Å².